The average Bonchev–Trinajstić information content (AvgIpc) is 2.61. The molecule has 1 aliphatic rings. The maximum Gasteiger partial charge on any atom is 0.272 e. The zero-order valence-corrected chi connectivity index (χ0v) is 15.2. The number of morpholine rings is 1. The lowest BCUT2D eigenvalue weighted by Crippen LogP contribution is -2.47. The van der Waals surface area contributed by atoms with Gasteiger partial charge in [0.2, 0.25) is 10.0 Å². The van der Waals surface area contributed by atoms with Gasteiger partial charge in [0.1, 0.15) is 5.82 Å². The van der Waals surface area contributed by atoms with Gasteiger partial charge in [0.25, 0.3) is 5.91 Å². The van der Waals surface area contributed by atoms with E-state index < -0.39 is 27.3 Å². The maximum atomic E-state index is 14.0. The first kappa shape index (κ1) is 19.5. The van der Waals surface area contributed by atoms with Crippen LogP contribution in [0.15, 0.2) is 23.1 Å². The van der Waals surface area contributed by atoms with Crippen molar-refractivity contribution >= 4 is 33.3 Å². The first-order valence-corrected chi connectivity index (χ1v) is 9.42. The minimum atomic E-state index is -3.83. The molecule has 1 aromatic carbocycles. The van der Waals surface area contributed by atoms with Crippen molar-refractivity contribution in [1.82, 2.24) is 20.5 Å². The summed E-state index contributed by atoms with van der Waals surface area (Å²) in [7, 11) is -3.83. The highest BCUT2D eigenvalue weighted by molar-refractivity contribution is 7.89. The van der Waals surface area contributed by atoms with E-state index in [9.17, 15) is 17.6 Å². The molecule has 0 radical (unpaired) electrons. The Hall–Kier alpha value is -1.82. The van der Waals surface area contributed by atoms with Crippen LogP contribution in [-0.2, 0) is 14.8 Å². The summed E-state index contributed by atoms with van der Waals surface area (Å²) in [6.07, 6.45) is 0. The quantitative estimate of drug-likeness (QED) is 0.491. The molecule has 1 aliphatic heterocycles. The second kappa shape index (κ2) is 8.52. The van der Waals surface area contributed by atoms with Crippen molar-refractivity contribution in [2.45, 2.75) is 11.8 Å². The van der Waals surface area contributed by atoms with Gasteiger partial charge in [0, 0.05) is 19.6 Å². The van der Waals surface area contributed by atoms with Gasteiger partial charge in [-0.3, -0.25) is 15.6 Å². The van der Waals surface area contributed by atoms with Gasteiger partial charge in [0.05, 0.1) is 23.7 Å². The molecule has 8 nitrogen and oxygen atoms in total. The minimum absolute atomic E-state index is 0.157. The molecule has 138 valence electrons. The van der Waals surface area contributed by atoms with E-state index in [0.29, 0.717) is 19.8 Å². The van der Waals surface area contributed by atoms with Gasteiger partial charge in [-0.25, -0.2) is 12.8 Å². The standard InChI is InChI=1S/C14H19FN4O4S2/c1-2-16-14(24)18-17-13(20)11-9-10(3-4-12(11)15)25(21,22)19-5-7-23-8-6-19/h3-4,9H,2,5-8H2,1H3,(H,17,20)(H2,16,18,24). The van der Waals surface area contributed by atoms with Crippen molar-refractivity contribution < 1.29 is 22.3 Å². The first-order chi connectivity index (χ1) is 11.9. The van der Waals surface area contributed by atoms with E-state index in [1.165, 1.54) is 4.31 Å². The molecule has 0 unspecified atom stereocenters. The second-order valence-corrected chi connectivity index (χ2v) is 7.44. The number of halogens is 1. The number of hydrogen-bond donors (Lipinski definition) is 3. The van der Waals surface area contributed by atoms with Crippen LogP contribution in [0.4, 0.5) is 4.39 Å². The molecule has 0 saturated carbocycles. The summed E-state index contributed by atoms with van der Waals surface area (Å²) in [5.74, 6) is -1.67. The predicted octanol–water partition coefficient (Wildman–Crippen LogP) is -0.0246. The highest BCUT2D eigenvalue weighted by Crippen LogP contribution is 2.20. The second-order valence-electron chi connectivity index (χ2n) is 5.10. The van der Waals surface area contributed by atoms with Crippen molar-refractivity contribution in [1.29, 1.82) is 0 Å². The summed E-state index contributed by atoms with van der Waals surface area (Å²) >= 11 is 4.88. The van der Waals surface area contributed by atoms with Gasteiger partial charge in [-0.15, -0.1) is 0 Å². The third kappa shape index (κ3) is 4.84. The highest BCUT2D eigenvalue weighted by Gasteiger charge is 2.27. The lowest BCUT2D eigenvalue weighted by Gasteiger charge is -2.26. The smallest absolute Gasteiger partial charge is 0.272 e. The van der Waals surface area contributed by atoms with Crippen molar-refractivity contribution in [2.24, 2.45) is 0 Å². The molecule has 2 rings (SSSR count). The molecule has 11 heteroatoms. The fourth-order valence-corrected chi connectivity index (χ4v) is 3.79. The van der Waals surface area contributed by atoms with Gasteiger partial charge in [-0.1, -0.05) is 0 Å². The van der Waals surface area contributed by atoms with E-state index in [4.69, 9.17) is 17.0 Å². The van der Waals surface area contributed by atoms with Crippen LogP contribution in [0.3, 0.4) is 0 Å². The molecule has 1 aromatic rings. The summed E-state index contributed by atoms with van der Waals surface area (Å²) in [5.41, 5.74) is 4.23. The van der Waals surface area contributed by atoms with Crippen molar-refractivity contribution in [2.75, 3.05) is 32.8 Å². The molecule has 3 N–H and O–H groups in total. The number of hydrazine groups is 1. The number of hydrogen-bond acceptors (Lipinski definition) is 5. The van der Waals surface area contributed by atoms with Crippen molar-refractivity contribution in [3.05, 3.63) is 29.6 Å². The van der Waals surface area contributed by atoms with E-state index in [0.717, 1.165) is 18.2 Å². The lowest BCUT2D eigenvalue weighted by atomic mass is 10.2. The number of nitrogens with one attached hydrogen (secondary N) is 3. The van der Waals surface area contributed by atoms with Gasteiger partial charge in [0.15, 0.2) is 5.11 Å². The fourth-order valence-electron chi connectivity index (χ4n) is 2.16. The van der Waals surface area contributed by atoms with Crippen LogP contribution in [0.2, 0.25) is 0 Å². The summed E-state index contributed by atoms with van der Waals surface area (Å²) < 4.78 is 45.5. The number of carbonyl (C=O) groups excluding carboxylic acids is 1. The third-order valence-corrected chi connectivity index (χ3v) is 5.56. The molecule has 0 aromatic heterocycles. The topological polar surface area (TPSA) is 99.8 Å². The average molecular weight is 390 g/mol. The van der Waals surface area contributed by atoms with Gasteiger partial charge in [-0.2, -0.15) is 4.31 Å². The Morgan fingerprint density at radius 3 is 2.64 bits per heavy atom. The minimum Gasteiger partial charge on any atom is -0.379 e. The molecule has 25 heavy (non-hydrogen) atoms. The van der Waals surface area contributed by atoms with Gasteiger partial charge < -0.3 is 10.1 Å². The van der Waals surface area contributed by atoms with Gasteiger partial charge >= 0.3 is 0 Å². The molecular weight excluding hydrogens is 371 g/mol. The Bertz CT molecular complexity index is 751. The number of rotatable bonds is 4. The fraction of sp³-hybridized carbons (Fsp3) is 0.429. The Morgan fingerprint density at radius 1 is 1.32 bits per heavy atom. The van der Waals surface area contributed by atoms with Crippen LogP contribution in [0.25, 0.3) is 0 Å². The lowest BCUT2D eigenvalue weighted by molar-refractivity contribution is 0.0730. The van der Waals surface area contributed by atoms with Crippen molar-refractivity contribution in [3.8, 4) is 0 Å². The number of amides is 1. The van der Waals surface area contributed by atoms with Crippen LogP contribution < -0.4 is 16.2 Å². The molecule has 0 atom stereocenters. The molecular formula is C14H19FN4O4S2. The largest absolute Gasteiger partial charge is 0.379 e. The van der Waals surface area contributed by atoms with Crippen LogP contribution in [0, 0.1) is 5.82 Å². The number of ether oxygens (including phenoxy) is 1. The van der Waals surface area contributed by atoms with E-state index in [1.54, 1.807) is 0 Å². The molecule has 1 fully saturated rings. The number of thiocarbonyl (C=S) groups is 1. The Kier molecular flexibility index (Phi) is 6.64. The zero-order valence-electron chi connectivity index (χ0n) is 13.5. The number of sulfonamides is 1. The van der Waals surface area contributed by atoms with E-state index in [-0.39, 0.29) is 23.1 Å². The molecule has 1 saturated heterocycles. The Balaban J connectivity index is 2.19. The first-order valence-electron chi connectivity index (χ1n) is 7.58. The monoisotopic (exact) mass is 390 g/mol. The van der Waals surface area contributed by atoms with Crippen molar-refractivity contribution in [3.63, 3.8) is 0 Å². The van der Waals surface area contributed by atoms with E-state index >= 15 is 0 Å². The SMILES string of the molecule is CCNC(=S)NNC(=O)c1cc(S(=O)(=O)N2CCOCC2)ccc1F. The molecule has 0 aliphatic carbocycles. The Morgan fingerprint density at radius 2 is 2.00 bits per heavy atom. The molecule has 0 spiro atoms. The molecule has 1 heterocycles. The number of carbonyl (C=O) groups is 1. The number of benzene rings is 1. The summed E-state index contributed by atoms with van der Waals surface area (Å²) in [6, 6.07) is 3.09. The highest BCUT2D eigenvalue weighted by atomic mass is 32.2. The normalized spacial score (nSPS) is 15.4. The van der Waals surface area contributed by atoms with Crippen LogP contribution in [-0.4, -0.2) is 56.6 Å². The summed E-state index contributed by atoms with van der Waals surface area (Å²) in [4.78, 5) is 11.9. The zero-order chi connectivity index (χ0) is 18.4. The molecule has 1 amide bonds. The van der Waals surface area contributed by atoms with E-state index in [1.807, 2.05) is 6.92 Å². The Labute approximate surface area is 150 Å². The predicted molar refractivity (Wildman–Crippen MR) is 92.9 cm³/mol. The number of nitrogens with zero attached hydrogens (tertiary/aromatic N) is 1. The molecule has 0 bridgehead atoms. The van der Waals surface area contributed by atoms with E-state index in [2.05, 4.69) is 16.2 Å². The van der Waals surface area contributed by atoms with Crippen LogP contribution in [0.1, 0.15) is 17.3 Å². The maximum absolute atomic E-state index is 14.0. The summed E-state index contributed by atoms with van der Waals surface area (Å²) in [5, 5.41) is 2.90. The summed E-state index contributed by atoms with van der Waals surface area (Å²) in [6.45, 7) is 3.36. The van der Waals surface area contributed by atoms with Crippen LogP contribution >= 0.6 is 12.2 Å². The third-order valence-electron chi connectivity index (χ3n) is 3.42. The van der Waals surface area contributed by atoms with Gasteiger partial charge in [-0.05, 0) is 37.3 Å². The van der Waals surface area contributed by atoms with Crippen LogP contribution in [0.5, 0.6) is 0 Å².